The van der Waals surface area contributed by atoms with E-state index in [2.05, 4.69) is 0 Å². The summed E-state index contributed by atoms with van der Waals surface area (Å²) in [6, 6.07) is 4.54. The van der Waals surface area contributed by atoms with E-state index in [0.29, 0.717) is 11.3 Å². The molecule has 0 saturated carbocycles. The topological polar surface area (TPSA) is 29.5 Å². The molecule has 0 spiro atoms. The highest BCUT2D eigenvalue weighted by Crippen LogP contribution is 2.32. The number of methoxy groups -OCH3 is 1. The van der Waals surface area contributed by atoms with Crippen molar-refractivity contribution in [1.82, 2.24) is 0 Å². The molecule has 0 heterocycles. The SMILES string of the molecule is COc1ccc(C(O)C2=CCCC2)c(F)c1. The van der Waals surface area contributed by atoms with Crippen molar-refractivity contribution in [3.8, 4) is 5.75 Å². The van der Waals surface area contributed by atoms with E-state index in [4.69, 9.17) is 4.74 Å². The van der Waals surface area contributed by atoms with Crippen LogP contribution in [0.3, 0.4) is 0 Å². The van der Waals surface area contributed by atoms with Crippen LogP contribution >= 0.6 is 0 Å². The third-order valence-corrected chi connectivity index (χ3v) is 2.93. The molecular weight excluding hydrogens is 207 g/mol. The van der Waals surface area contributed by atoms with Crippen LogP contribution in [0, 0.1) is 5.82 Å². The highest BCUT2D eigenvalue weighted by atomic mass is 19.1. The molecule has 1 aromatic rings. The standard InChI is InChI=1S/C13H15FO2/c1-16-10-6-7-11(12(14)8-10)13(15)9-4-2-3-5-9/h4,6-8,13,15H,2-3,5H2,1H3. The minimum absolute atomic E-state index is 0.328. The Balaban J connectivity index is 2.26. The highest BCUT2D eigenvalue weighted by molar-refractivity contribution is 5.34. The summed E-state index contributed by atoms with van der Waals surface area (Å²) in [6.07, 6.45) is 4.06. The molecule has 1 atom stereocenters. The van der Waals surface area contributed by atoms with E-state index < -0.39 is 11.9 Å². The molecule has 0 amide bonds. The molecule has 0 bridgehead atoms. The zero-order valence-electron chi connectivity index (χ0n) is 9.24. The molecule has 2 rings (SSSR count). The van der Waals surface area contributed by atoms with E-state index in [0.717, 1.165) is 24.8 Å². The minimum atomic E-state index is -0.812. The lowest BCUT2D eigenvalue weighted by Crippen LogP contribution is -2.03. The lowest BCUT2D eigenvalue weighted by atomic mass is 10.0. The second kappa shape index (κ2) is 4.66. The molecule has 1 aliphatic carbocycles. The van der Waals surface area contributed by atoms with Crippen molar-refractivity contribution in [3.63, 3.8) is 0 Å². The number of aliphatic hydroxyl groups is 1. The molecular formula is C13H15FO2. The minimum Gasteiger partial charge on any atom is -0.497 e. The van der Waals surface area contributed by atoms with E-state index in [9.17, 15) is 9.50 Å². The lowest BCUT2D eigenvalue weighted by Gasteiger charge is -2.13. The van der Waals surface area contributed by atoms with Gasteiger partial charge in [-0.05, 0) is 37.0 Å². The lowest BCUT2D eigenvalue weighted by molar-refractivity contribution is 0.207. The molecule has 1 aromatic carbocycles. The average molecular weight is 222 g/mol. The molecule has 0 saturated heterocycles. The van der Waals surface area contributed by atoms with Gasteiger partial charge in [0.25, 0.3) is 0 Å². The number of halogens is 1. The van der Waals surface area contributed by atoms with Crippen molar-refractivity contribution in [3.05, 3.63) is 41.2 Å². The summed E-state index contributed by atoms with van der Waals surface area (Å²) in [4.78, 5) is 0. The van der Waals surface area contributed by atoms with Gasteiger partial charge in [-0.3, -0.25) is 0 Å². The van der Waals surface area contributed by atoms with E-state index in [1.807, 2.05) is 6.08 Å². The zero-order valence-corrected chi connectivity index (χ0v) is 9.24. The van der Waals surface area contributed by atoms with Crippen LogP contribution in [0.5, 0.6) is 5.75 Å². The van der Waals surface area contributed by atoms with Crippen molar-refractivity contribution in [1.29, 1.82) is 0 Å². The Morgan fingerprint density at radius 2 is 2.25 bits per heavy atom. The second-order valence-electron chi connectivity index (χ2n) is 3.96. The quantitative estimate of drug-likeness (QED) is 0.797. The van der Waals surface area contributed by atoms with Gasteiger partial charge in [-0.15, -0.1) is 0 Å². The molecule has 0 fully saturated rings. The number of hydrogen-bond donors (Lipinski definition) is 1. The van der Waals surface area contributed by atoms with E-state index in [-0.39, 0.29) is 0 Å². The molecule has 2 nitrogen and oxygen atoms in total. The molecule has 1 unspecified atom stereocenters. The Bertz CT molecular complexity index is 412. The Labute approximate surface area is 94.4 Å². The predicted octanol–water partition coefficient (Wildman–Crippen LogP) is 2.98. The number of hydrogen-bond acceptors (Lipinski definition) is 2. The van der Waals surface area contributed by atoms with Crippen LogP contribution in [0.1, 0.15) is 30.9 Å². The largest absolute Gasteiger partial charge is 0.497 e. The van der Waals surface area contributed by atoms with Crippen molar-refractivity contribution >= 4 is 0 Å². The van der Waals surface area contributed by atoms with Gasteiger partial charge in [0.1, 0.15) is 17.7 Å². The Kier molecular flexibility index (Phi) is 3.25. The Hall–Kier alpha value is -1.35. The molecule has 0 aliphatic heterocycles. The second-order valence-corrected chi connectivity index (χ2v) is 3.96. The molecule has 0 radical (unpaired) electrons. The number of ether oxygens (including phenoxy) is 1. The van der Waals surface area contributed by atoms with Crippen LogP contribution in [0.4, 0.5) is 4.39 Å². The van der Waals surface area contributed by atoms with Crippen LogP contribution in [0.25, 0.3) is 0 Å². The van der Waals surface area contributed by atoms with Gasteiger partial charge >= 0.3 is 0 Å². The summed E-state index contributed by atoms with van der Waals surface area (Å²) in [7, 11) is 1.49. The van der Waals surface area contributed by atoms with Gasteiger partial charge in [0.2, 0.25) is 0 Å². The number of rotatable bonds is 3. The van der Waals surface area contributed by atoms with E-state index >= 15 is 0 Å². The molecule has 1 N–H and O–H groups in total. The highest BCUT2D eigenvalue weighted by Gasteiger charge is 2.19. The number of allylic oxidation sites excluding steroid dienone is 1. The molecule has 3 heteroatoms. The molecule has 1 aliphatic rings. The van der Waals surface area contributed by atoms with Crippen molar-refractivity contribution in [2.75, 3.05) is 7.11 Å². The first-order chi connectivity index (χ1) is 7.72. The maximum absolute atomic E-state index is 13.7. The van der Waals surface area contributed by atoms with Crippen LogP contribution in [0.2, 0.25) is 0 Å². The predicted molar refractivity (Wildman–Crippen MR) is 59.8 cm³/mol. The summed E-state index contributed by atoms with van der Waals surface area (Å²) < 4.78 is 18.6. The fourth-order valence-corrected chi connectivity index (χ4v) is 2.00. The van der Waals surface area contributed by atoms with E-state index in [1.54, 1.807) is 12.1 Å². The number of aliphatic hydroxyl groups excluding tert-OH is 1. The molecule has 86 valence electrons. The fourth-order valence-electron chi connectivity index (χ4n) is 2.00. The molecule has 16 heavy (non-hydrogen) atoms. The first-order valence-corrected chi connectivity index (χ1v) is 5.43. The van der Waals surface area contributed by atoms with Crippen molar-refractivity contribution < 1.29 is 14.2 Å². The third kappa shape index (κ3) is 2.09. The number of benzene rings is 1. The van der Waals surface area contributed by atoms with E-state index in [1.165, 1.54) is 13.2 Å². The molecule has 0 aromatic heterocycles. The maximum atomic E-state index is 13.7. The average Bonchev–Trinajstić information content (AvgIpc) is 2.81. The summed E-state index contributed by atoms with van der Waals surface area (Å²) >= 11 is 0. The summed E-state index contributed by atoms with van der Waals surface area (Å²) in [6.45, 7) is 0. The Morgan fingerprint density at radius 3 is 2.81 bits per heavy atom. The Morgan fingerprint density at radius 1 is 1.44 bits per heavy atom. The van der Waals surface area contributed by atoms with Crippen LogP contribution in [-0.4, -0.2) is 12.2 Å². The van der Waals surface area contributed by atoms with Gasteiger partial charge in [-0.25, -0.2) is 4.39 Å². The fraction of sp³-hybridized carbons (Fsp3) is 0.385. The van der Waals surface area contributed by atoms with Gasteiger partial charge < -0.3 is 9.84 Å². The summed E-state index contributed by atoms with van der Waals surface area (Å²) in [5.41, 5.74) is 1.25. The van der Waals surface area contributed by atoms with Crippen LogP contribution < -0.4 is 4.74 Å². The van der Waals surface area contributed by atoms with Gasteiger partial charge in [0, 0.05) is 11.6 Å². The zero-order chi connectivity index (χ0) is 11.5. The van der Waals surface area contributed by atoms with Gasteiger partial charge in [-0.1, -0.05) is 6.08 Å². The van der Waals surface area contributed by atoms with Crippen molar-refractivity contribution in [2.24, 2.45) is 0 Å². The first kappa shape index (κ1) is 11.1. The summed E-state index contributed by atoms with van der Waals surface area (Å²) in [5, 5.41) is 10.0. The maximum Gasteiger partial charge on any atom is 0.133 e. The third-order valence-electron chi connectivity index (χ3n) is 2.93. The van der Waals surface area contributed by atoms with Crippen molar-refractivity contribution in [2.45, 2.75) is 25.4 Å². The smallest absolute Gasteiger partial charge is 0.133 e. The van der Waals surface area contributed by atoms with Crippen LogP contribution in [-0.2, 0) is 0 Å². The van der Waals surface area contributed by atoms with Gasteiger partial charge in [0.15, 0.2) is 0 Å². The first-order valence-electron chi connectivity index (χ1n) is 5.43. The normalized spacial score (nSPS) is 17.1. The summed E-state index contributed by atoms with van der Waals surface area (Å²) in [5.74, 6) is 0.0495. The monoisotopic (exact) mass is 222 g/mol. The van der Waals surface area contributed by atoms with Gasteiger partial charge in [-0.2, -0.15) is 0 Å². The van der Waals surface area contributed by atoms with Gasteiger partial charge in [0.05, 0.1) is 7.11 Å². The van der Waals surface area contributed by atoms with Crippen LogP contribution in [0.15, 0.2) is 29.8 Å².